The molecular weight excluding hydrogens is 294 g/mol. The summed E-state index contributed by atoms with van der Waals surface area (Å²) in [5, 5.41) is -0.135. The van der Waals surface area contributed by atoms with Crippen LogP contribution in [0.5, 0.6) is 5.75 Å². The van der Waals surface area contributed by atoms with Crippen molar-refractivity contribution in [3.63, 3.8) is 0 Å². The second kappa shape index (κ2) is 5.87. The van der Waals surface area contributed by atoms with Crippen molar-refractivity contribution >= 4 is 11.6 Å². The van der Waals surface area contributed by atoms with Gasteiger partial charge in [-0.3, -0.25) is 14.3 Å². The number of benzene rings is 1. The molecule has 1 aromatic carbocycles. The lowest BCUT2D eigenvalue weighted by Crippen LogP contribution is -2.29. The van der Waals surface area contributed by atoms with Crippen molar-refractivity contribution in [1.82, 2.24) is 9.55 Å². The lowest BCUT2D eigenvalue weighted by Gasteiger charge is -2.08. The van der Waals surface area contributed by atoms with Crippen molar-refractivity contribution in [2.45, 2.75) is 13.2 Å². The molecule has 8 heteroatoms. The van der Waals surface area contributed by atoms with Crippen molar-refractivity contribution in [3.8, 4) is 5.75 Å². The molecule has 0 aliphatic heterocycles. The Hall–Kier alpha value is -2.15. The summed E-state index contributed by atoms with van der Waals surface area (Å²) in [5.41, 5.74) is -0.768. The number of ether oxygens (including phenoxy) is 1. The van der Waals surface area contributed by atoms with Gasteiger partial charge >= 0.3 is 12.3 Å². The number of H-pyrrole nitrogens is 1. The van der Waals surface area contributed by atoms with E-state index in [9.17, 15) is 18.4 Å². The van der Waals surface area contributed by atoms with Gasteiger partial charge in [-0.2, -0.15) is 8.78 Å². The molecule has 2 aromatic rings. The summed E-state index contributed by atoms with van der Waals surface area (Å²) < 4.78 is 29.6. The molecule has 0 bridgehead atoms. The Morgan fingerprint density at radius 2 is 2.10 bits per heavy atom. The van der Waals surface area contributed by atoms with Gasteiger partial charge in [-0.05, 0) is 17.7 Å². The van der Waals surface area contributed by atoms with Crippen LogP contribution < -0.4 is 16.0 Å². The van der Waals surface area contributed by atoms with Gasteiger partial charge in [0.05, 0.1) is 6.54 Å². The third-order valence-electron chi connectivity index (χ3n) is 2.44. The summed E-state index contributed by atoms with van der Waals surface area (Å²) in [6.45, 7) is -2.86. The van der Waals surface area contributed by atoms with Gasteiger partial charge < -0.3 is 4.74 Å². The second-order valence-corrected chi connectivity index (χ2v) is 4.30. The van der Waals surface area contributed by atoms with Gasteiger partial charge in [0, 0.05) is 6.20 Å². The molecule has 0 saturated heterocycles. The molecular formula is C12H9ClF2N2O3. The molecule has 1 N–H and O–H groups in total. The maximum Gasteiger partial charge on any atom is 0.387 e. The van der Waals surface area contributed by atoms with Crippen LogP contribution in [0.4, 0.5) is 8.78 Å². The van der Waals surface area contributed by atoms with Crippen LogP contribution in [0.2, 0.25) is 5.02 Å². The number of nitrogens with zero attached hydrogens (tertiary/aromatic N) is 1. The molecule has 0 aliphatic carbocycles. The van der Waals surface area contributed by atoms with E-state index in [0.29, 0.717) is 5.56 Å². The Morgan fingerprint density at radius 3 is 2.80 bits per heavy atom. The van der Waals surface area contributed by atoms with Crippen LogP contribution in [0, 0.1) is 0 Å². The third-order valence-corrected chi connectivity index (χ3v) is 2.71. The first-order chi connectivity index (χ1) is 9.45. The largest absolute Gasteiger partial charge is 0.435 e. The van der Waals surface area contributed by atoms with Gasteiger partial charge in [-0.1, -0.05) is 23.7 Å². The summed E-state index contributed by atoms with van der Waals surface area (Å²) in [7, 11) is 0. The maximum absolute atomic E-state index is 12.1. The molecule has 5 nitrogen and oxygen atoms in total. The highest BCUT2D eigenvalue weighted by Gasteiger charge is 2.07. The number of hydrogen-bond donors (Lipinski definition) is 1. The van der Waals surface area contributed by atoms with E-state index in [-0.39, 0.29) is 17.3 Å². The number of halogens is 3. The Bertz CT molecular complexity index is 727. The first-order valence-corrected chi connectivity index (χ1v) is 5.86. The van der Waals surface area contributed by atoms with E-state index in [1.165, 1.54) is 24.4 Å². The molecule has 2 rings (SSSR count). The Morgan fingerprint density at radius 1 is 1.35 bits per heavy atom. The zero-order chi connectivity index (χ0) is 14.7. The highest BCUT2D eigenvalue weighted by Crippen LogP contribution is 2.16. The Kier molecular flexibility index (Phi) is 4.19. The molecule has 1 aromatic heterocycles. The van der Waals surface area contributed by atoms with E-state index in [4.69, 9.17) is 11.6 Å². The van der Waals surface area contributed by atoms with Crippen molar-refractivity contribution in [3.05, 3.63) is 61.9 Å². The minimum absolute atomic E-state index is 0.0129. The lowest BCUT2D eigenvalue weighted by atomic mass is 10.2. The Balaban J connectivity index is 2.28. The number of aromatic amines is 1. The molecule has 0 fully saturated rings. The first kappa shape index (κ1) is 14.3. The van der Waals surface area contributed by atoms with Gasteiger partial charge in [0.2, 0.25) is 0 Å². The van der Waals surface area contributed by atoms with E-state index in [1.54, 1.807) is 6.07 Å². The normalized spacial score (nSPS) is 10.8. The van der Waals surface area contributed by atoms with Crippen LogP contribution in [0.15, 0.2) is 40.1 Å². The minimum atomic E-state index is -2.92. The van der Waals surface area contributed by atoms with Crippen molar-refractivity contribution in [2.75, 3.05) is 0 Å². The summed E-state index contributed by atoms with van der Waals surface area (Å²) in [6, 6.07) is 5.89. The van der Waals surface area contributed by atoms with E-state index in [1.807, 2.05) is 4.98 Å². The van der Waals surface area contributed by atoms with E-state index < -0.39 is 17.9 Å². The smallest absolute Gasteiger partial charge is 0.387 e. The lowest BCUT2D eigenvalue weighted by molar-refractivity contribution is -0.0498. The van der Waals surface area contributed by atoms with Crippen LogP contribution in [0.3, 0.4) is 0 Å². The van der Waals surface area contributed by atoms with Gasteiger partial charge in [0.25, 0.3) is 5.56 Å². The highest BCUT2D eigenvalue weighted by molar-refractivity contribution is 6.30. The molecule has 1 heterocycles. The average Bonchev–Trinajstić information content (AvgIpc) is 2.35. The summed E-state index contributed by atoms with van der Waals surface area (Å²) in [6.07, 6.45) is 1.18. The fourth-order valence-electron chi connectivity index (χ4n) is 1.62. The standard InChI is InChI=1S/C12H9ClF2N2O3/c13-9-6-17(12(19)16-10(9)18)5-7-2-1-3-8(4-7)20-11(14)15/h1-4,6,11H,5H2,(H,16,18,19). The molecule has 0 amide bonds. The van der Waals surface area contributed by atoms with Crippen LogP contribution >= 0.6 is 11.6 Å². The second-order valence-electron chi connectivity index (χ2n) is 3.89. The average molecular weight is 303 g/mol. The fraction of sp³-hybridized carbons (Fsp3) is 0.167. The van der Waals surface area contributed by atoms with Gasteiger partial charge in [-0.25, -0.2) is 4.79 Å². The molecule has 20 heavy (non-hydrogen) atoms. The summed E-state index contributed by atoms with van der Waals surface area (Å²) >= 11 is 5.62. The van der Waals surface area contributed by atoms with Crippen LogP contribution in [-0.4, -0.2) is 16.2 Å². The van der Waals surface area contributed by atoms with Gasteiger partial charge in [0.1, 0.15) is 10.8 Å². The van der Waals surface area contributed by atoms with Crippen molar-refractivity contribution in [1.29, 1.82) is 0 Å². The Labute approximate surface area is 116 Å². The SMILES string of the molecule is O=c1[nH]c(=O)n(Cc2cccc(OC(F)F)c2)cc1Cl. The molecule has 106 valence electrons. The third kappa shape index (κ3) is 3.45. The van der Waals surface area contributed by atoms with Crippen LogP contribution in [0.1, 0.15) is 5.56 Å². The summed E-state index contributed by atoms with van der Waals surface area (Å²) in [4.78, 5) is 24.7. The highest BCUT2D eigenvalue weighted by atomic mass is 35.5. The number of hydrogen-bond acceptors (Lipinski definition) is 3. The molecule has 0 unspecified atom stereocenters. The van der Waals surface area contributed by atoms with Gasteiger partial charge in [-0.15, -0.1) is 0 Å². The number of nitrogens with one attached hydrogen (secondary N) is 1. The van der Waals surface area contributed by atoms with E-state index in [0.717, 1.165) is 4.57 Å². The van der Waals surface area contributed by atoms with Crippen molar-refractivity contribution < 1.29 is 13.5 Å². The van der Waals surface area contributed by atoms with Gasteiger partial charge in [0.15, 0.2) is 0 Å². The van der Waals surface area contributed by atoms with E-state index in [2.05, 4.69) is 4.74 Å². The van der Waals surface area contributed by atoms with E-state index >= 15 is 0 Å². The van der Waals surface area contributed by atoms with Crippen LogP contribution in [0.25, 0.3) is 0 Å². The maximum atomic E-state index is 12.1. The first-order valence-electron chi connectivity index (χ1n) is 5.49. The predicted molar refractivity (Wildman–Crippen MR) is 68.5 cm³/mol. The fourth-order valence-corrected chi connectivity index (χ4v) is 1.78. The molecule has 0 radical (unpaired) electrons. The zero-order valence-corrected chi connectivity index (χ0v) is 10.7. The topological polar surface area (TPSA) is 64.1 Å². The molecule has 0 atom stereocenters. The number of rotatable bonds is 4. The quantitative estimate of drug-likeness (QED) is 0.937. The molecule has 0 saturated carbocycles. The minimum Gasteiger partial charge on any atom is -0.435 e. The van der Waals surface area contributed by atoms with Crippen molar-refractivity contribution in [2.24, 2.45) is 0 Å². The molecule has 0 spiro atoms. The van der Waals surface area contributed by atoms with Crippen LogP contribution in [-0.2, 0) is 6.54 Å². The summed E-state index contributed by atoms with van der Waals surface area (Å²) in [5.74, 6) is -0.0129. The number of alkyl halides is 2. The number of aromatic nitrogens is 2. The predicted octanol–water partition coefficient (Wildman–Crippen LogP) is 1.84. The monoisotopic (exact) mass is 302 g/mol. The molecule has 0 aliphatic rings. The zero-order valence-electron chi connectivity index (χ0n) is 9.98.